The van der Waals surface area contributed by atoms with Crippen LogP contribution in [0.25, 0.3) is 0 Å². The van der Waals surface area contributed by atoms with E-state index < -0.39 is 5.97 Å². The van der Waals surface area contributed by atoms with Gasteiger partial charge in [-0.2, -0.15) is 0 Å². The van der Waals surface area contributed by atoms with E-state index in [4.69, 9.17) is 5.11 Å². The van der Waals surface area contributed by atoms with Crippen molar-refractivity contribution in [1.29, 1.82) is 0 Å². The molecule has 0 aromatic carbocycles. The molecule has 0 spiro atoms. The third kappa shape index (κ3) is 5.53. The zero-order chi connectivity index (χ0) is 12.7. The van der Waals surface area contributed by atoms with Crippen molar-refractivity contribution >= 4 is 5.97 Å². The second-order valence-electron chi connectivity index (χ2n) is 5.66. The van der Waals surface area contributed by atoms with Crippen molar-refractivity contribution in [3.05, 3.63) is 0 Å². The van der Waals surface area contributed by atoms with Crippen molar-refractivity contribution in [2.24, 2.45) is 11.8 Å². The Bertz CT molecular complexity index is 220. The lowest BCUT2D eigenvalue weighted by atomic mass is 9.96. The number of carboxylic acids is 1. The summed E-state index contributed by atoms with van der Waals surface area (Å²) in [5.41, 5.74) is 0. The third-order valence-electron chi connectivity index (χ3n) is 3.82. The van der Waals surface area contributed by atoms with Crippen molar-refractivity contribution in [3.8, 4) is 0 Å². The Kier molecular flexibility index (Phi) is 6.56. The van der Waals surface area contributed by atoms with Gasteiger partial charge in [-0.15, -0.1) is 0 Å². The van der Waals surface area contributed by atoms with Crippen LogP contribution in [0.2, 0.25) is 0 Å². The maximum atomic E-state index is 11.0. The molecule has 1 saturated carbocycles. The molecule has 0 saturated heterocycles. The SMILES string of the molecule is CC(C)[C@@H](NCCC1CCCCCC1)C(=O)O. The molecule has 0 radical (unpaired) electrons. The molecule has 100 valence electrons. The molecule has 1 fully saturated rings. The standard InChI is InChI=1S/C14H27NO2/c1-11(2)13(14(16)17)15-10-9-12-7-5-3-4-6-8-12/h11-13,15H,3-10H2,1-2H3,(H,16,17)/t13-/m1/s1. The Hall–Kier alpha value is -0.570. The number of nitrogens with one attached hydrogen (secondary N) is 1. The molecule has 0 aliphatic heterocycles. The number of hydrogen-bond donors (Lipinski definition) is 2. The van der Waals surface area contributed by atoms with Gasteiger partial charge in [0.25, 0.3) is 0 Å². The molecule has 3 nitrogen and oxygen atoms in total. The highest BCUT2D eigenvalue weighted by atomic mass is 16.4. The predicted octanol–water partition coefficient (Wildman–Crippen LogP) is 3.05. The van der Waals surface area contributed by atoms with Crippen LogP contribution in [0.4, 0.5) is 0 Å². The van der Waals surface area contributed by atoms with Crippen LogP contribution in [0.3, 0.4) is 0 Å². The smallest absolute Gasteiger partial charge is 0.320 e. The Balaban J connectivity index is 2.22. The molecule has 1 aliphatic rings. The van der Waals surface area contributed by atoms with E-state index in [1.807, 2.05) is 13.8 Å². The average molecular weight is 241 g/mol. The second kappa shape index (κ2) is 7.70. The molecule has 0 aromatic rings. The normalized spacial score (nSPS) is 20.2. The fourth-order valence-corrected chi connectivity index (χ4v) is 2.70. The largest absolute Gasteiger partial charge is 0.480 e. The van der Waals surface area contributed by atoms with Gasteiger partial charge in [-0.1, -0.05) is 52.4 Å². The number of carboxylic acid groups (broad SMARTS) is 1. The first kappa shape index (κ1) is 14.5. The summed E-state index contributed by atoms with van der Waals surface area (Å²) in [7, 11) is 0. The summed E-state index contributed by atoms with van der Waals surface area (Å²) in [5, 5.41) is 12.2. The lowest BCUT2D eigenvalue weighted by Gasteiger charge is -2.20. The van der Waals surface area contributed by atoms with Crippen LogP contribution in [-0.2, 0) is 4.79 Å². The first-order valence-corrected chi connectivity index (χ1v) is 7.07. The lowest BCUT2D eigenvalue weighted by Crippen LogP contribution is -2.41. The second-order valence-corrected chi connectivity index (χ2v) is 5.66. The summed E-state index contributed by atoms with van der Waals surface area (Å²) in [6.07, 6.45) is 9.29. The minimum atomic E-state index is -0.721. The van der Waals surface area contributed by atoms with E-state index >= 15 is 0 Å². The van der Waals surface area contributed by atoms with Gasteiger partial charge in [-0.3, -0.25) is 4.79 Å². The van der Waals surface area contributed by atoms with Crippen LogP contribution in [0, 0.1) is 11.8 Å². The van der Waals surface area contributed by atoms with E-state index in [-0.39, 0.29) is 12.0 Å². The van der Waals surface area contributed by atoms with E-state index in [0.717, 1.165) is 18.9 Å². The first-order valence-electron chi connectivity index (χ1n) is 7.07. The molecule has 0 amide bonds. The number of hydrogen-bond acceptors (Lipinski definition) is 2. The number of carbonyl (C=O) groups is 1. The third-order valence-corrected chi connectivity index (χ3v) is 3.82. The van der Waals surface area contributed by atoms with Crippen molar-refractivity contribution in [2.75, 3.05) is 6.54 Å². The highest BCUT2D eigenvalue weighted by Gasteiger charge is 2.21. The Morgan fingerprint density at radius 2 is 1.82 bits per heavy atom. The minimum Gasteiger partial charge on any atom is -0.480 e. The molecule has 0 bridgehead atoms. The van der Waals surface area contributed by atoms with E-state index in [9.17, 15) is 4.79 Å². The number of aliphatic carboxylic acids is 1. The minimum absolute atomic E-state index is 0.154. The molecule has 2 N–H and O–H groups in total. The van der Waals surface area contributed by atoms with E-state index in [0.29, 0.717) is 0 Å². The van der Waals surface area contributed by atoms with Crippen LogP contribution < -0.4 is 5.32 Å². The van der Waals surface area contributed by atoms with E-state index in [1.54, 1.807) is 0 Å². The zero-order valence-electron chi connectivity index (χ0n) is 11.2. The van der Waals surface area contributed by atoms with Crippen LogP contribution in [0.15, 0.2) is 0 Å². The molecule has 1 aliphatic carbocycles. The molecule has 1 rings (SSSR count). The fourth-order valence-electron chi connectivity index (χ4n) is 2.70. The zero-order valence-corrected chi connectivity index (χ0v) is 11.2. The van der Waals surface area contributed by atoms with Gasteiger partial charge in [-0.25, -0.2) is 0 Å². The quantitative estimate of drug-likeness (QED) is 0.703. The van der Waals surface area contributed by atoms with Gasteiger partial charge >= 0.3 is 5.97 Å². The molecule has 3 heteroatoms. The van der Waals surface area contributed by atoms with Crippen LogP contribution in [0.5, 0.6) is 0 Å². The van der Waals surface area contributed by atoms with Gasteiger partial charge in [0.1, 0.15) is 6.04 Å². The molecule has 0 heterocycles. The van der Waals surface area contributed by atoms with Gasteiger partial charge in [0.2, 0.25) is 0 Å². The molecule has 0 aromatic heterocycles. The number of rotatable bonds is 6. The highest BCUT2D eigenvalue weighted by molar-refractivity contribution is 5.73. The van der Waals surface area contributed by atoms with Crippen molar-refractivity contribution in [1.82, 2.24) is 5.32 Å². The summed E-state index contributed by atoms with van der Waals surface area (Å²) >= 11 is 0. The first-order chi connectivity index (χ1) is 8.11. The summed E-state index contributed by atoms with van der Waals surface area (Å²) in [4.78, 5) is 11.0. The van der Waals surface area contributed by atoms with Gasteiger partial charge in [0.15, 0.2) is 0 Å². The molecule has 1 atom stereocenters. The molecule has 0 unspecified atom stereocenters. The highest BCUT2D eigenvalue weighted by Crippen LogP contribution is 2.24. The van der Waals surface area contributed by atoms with Gasteiger partial charge < -0.3 is 10.4 Å². The van der Waals surface area contributed by atoms with Gasteiger partial charge in [-0.05, 0) is 24.8 Å². The molecular formula is C14H27NO2. The summed E-state index contributed by atoms with van der Waals surface area (Å²) in [6.45, 7) is 4.76. The van der Waals surface area contributed by atoms with Crippen molar-refractivity contribution in [3.63, 3.8) is 0 Å². The Labute approximate surface area is 105 Å². The Morgan fingerprint density at radius 3 is 2.29 bits per heavy atom. The Morgan fingerprint density at radius 1 is 1.24 bits per heavy atom. The predicted molar refractivity (Wildman–Crippen MR) is 70.1 cm³/mol. The van der Waals surface area contributed by atoms with E-state index in [2.05, 4.69) is 5.32 Å². The van der Waals surface area contributed by atoms with Gasteiger partial charge in [0, 0.05) is 0 Å². The molecular weight excluding hydrogens is 214 g/mol. The molecule has 17 heavy (non-hydrogen) atoms. The van der Waals surface area contributed by atoms with Crippen LogP contribution in [-0.4, -0.2) is 23.7 Å². The fraction of sp³-hybridized carbons (Fsp3) is 0.929. The maximum Gasteiger partial charge on any atom is 0.320 e. The van der Waals surface area contributed by atoms with Crippen LogP contribution >= 0.6 is 0 Å². The van der Waals surface area contributed by atoms with Crippen molar-refractivity contribution in [2.45, 2.75) is 64.8 Å². The maximum absolute atomic E-state index is 11.0. The summed E-state index contributed by atoms with van der Waals surface area (Å²) in [5.74, 6) is 0.245. The topological polar surface area (TPSA) is 49.3 Å². The summed E-state index contributed by atoms with van der Waals surface area (Å²) in [6, 6.07) is -0.388. The van der Waals surface area contributed by atoms with Gasteiger partial charge in [0.05, 0.1) is 0 Å². The average Bonchev–Trinajstić information content (AvgIpc) is 2.51. The summed E-state index contributed by atoms with van der Waals surface area (Å²) < 4.78 is 0. The van der Waals surface area contributed by atoms with Crippen LogP contribution in [0.1, 0.15) is 58.8 Å². The lowest BCUT2D eigenvalue weighted by molar-refractivity contribution is -0.140. The van der Waals surface area contributed by atoms with E-state index in [1.165, 1.54) is 38.5 Å². The monoisotopic (exact) mass is 241 g/mol. The van der Waals surface area contributed by atoms with Crippen molar-refractivity contribution < 1.29 is 9.90 Å².